The van der Waals surface area contributed by atoms with Crippen molar-refractivity contribution in [2.24, 2.45) is 5.73 Å². The van der Waals surface area contributed by atoms with Gasteiger partial charge in [-0.2, -0.15) is 0 Å². The molecule has 0 aromatic heterocycles. The van der Waals surface area contributed by atoms with E-state index in [1.54, 1.807) is 6.08 Å². The Bertz CT molecular complexity index is 496. The average molecular weight is 341 g/mol. The monoisotopic (exact) mass is 341 g/mol. The van der Waals surface area contributed by atoms with E-state index >= 15 is 0 Å². The number of nitrogens with one attached hydrogen (secondary N) is 1. The fourth-order valence-corrected chi connectivity index (χ4v) is 3.52. The molecule has 2 rings (SSSR count). The second-order valence-corrected chi connectivity index (χ2v) is 6.44. The Kier molecular flexibility index (Phi) is 6.73. The molecule has 0 radical (unpaired) electrons. The number of aliphatic hydroxyl groups excluding tert-OH is 1. The van der Waals surface area contributed by atoms with Crippen LogP contribution in [0.1, 0.15) is 26.2 Å². The van der Waals surface area contributed by atoms with Crippen molar-refractivity contribution in [3.63, 3.8) is 0 Å². The van der Waals surface area contributed by atoms with Crippen LogP contribution in [0.15, 0.2) is 11.6 Å². The number of nitrogens with two attached hydrogens (primary N) is 1. The van der Waals surface area contributed by atoms with Gasteiger partial charge in [-0.1, -0.05) is 6.08 Å². The lowest BCUT2D eigenvalue weighted by Gasteiger charge is -2.44. The zero-order valence-corrected chi connectivity index (χ0v) is 14.0. The minimum atomic E-state index is -0.971. The highest BCUT2D eigenvalue weighted by Gasteiger charge is 2.38. The molecule has 136 valence electrons. The van der Waals surface area contributed by atoms with Crippen LogP contribution in [-0.4, -0.2) is 77.5 Å². The SMILES string of the molecule is CC(=O)N[C@H]1[C@H](N2CCC[C@@H](OCCO)C2)C=C(C(=O)O)C[C@@H]1N. The molecule has 1 amide bonds. The molecule has 0 aromatic carbocycles. The number of carbonyl (C=O) groups excluding carboxylic acids is 1. The predicted molar refractivity (Wildman–Crippen MR) is 87.3 cm³/mol. The Morgan fingerprint density at radius 3 is 2.88 bits per heavy atom. The van der Waals surface area contributed by atoms with E-state index in [4.69, 9.17) is 15.6 Å². The molecule has 0 saturated carbocycles. The first-order valence-corrected chi connectivity index (χ1v) is 8.35. The second-order valence-electron chi connectivity index (χ2n) is 6.44. The van der Waals surface area contributed by atoms with Crippen LogP contribution < -0.4 is 11.1 Å². The van der Waals surface area contributed by atoms with Crippen LogP contribution in [0.3, 0.4) is 0 Å². The third-order valence-corrected chi connectivity index (χ3v) is 4.58. The van der Waals surface area contributed by atoms with Gasteiger partial charge in [-0.05, 0) is 25.8 Å². The number of rotatable bonds is 6. The highest BCUT2D eigenvalue weighted by atomic mass is 16.5. The molecule has 8 heteroatoms. The van der Waals surface area contributed by atoms with Crippen molar-refractivity contribution in [2.45, 2.75) is 50.4 Å². The molecule has 1 aliphatic carbocycles. The van der Waals surface area contributed by atoms with Crippen molar-refractivity contribution in [2.75, 3.05) is 26.3 Å². The van der Waals surface area contributed by atoms with Gasteiger partial charge in [0.2, 0.25) is 5.91 Å². The third kappa shape index (κ3) is 4.76. The normalized spacial score (nSPS) is 31.4. The summed E-state index contributed by atoms with van der Waals surface area (Å²) < 4.78 is 5.62. The smallest absolute Gasteiger partial charge is 0.331 e. The molecular formula is C16H27N3O5. The number of carboxylic acids is 1. The molecule has 2 aliphatic rings. The number of aliphatic carboxylic acids is 1. The highest BCUT2D eigenvalue weighted by Crippen LogP contribution is 2.26. The van der Waals surface area contributed by atoms with Crippen LogP contribution in [0, 0.1) is 0 Å². The lowest BCUT2D eigenvalue weighted by atomic mass is 9.85. The van der Waals surface area contributed by atoms with Crippen molar-refractivity contribution in [1.29, 1.82) is 0 Å². The lowest BCUT2D eigenvalue weighted by Crippen LogP contribution is -2.62. The van der Waals surface area contributed by atoms with Crippen LogP contribution in [0.5, 0.6) is 0 Å². The Balaban J connectivity index is 2.18. The van der Waals surface area contributed by atoms with Gasteiger partial charge in [-0.3, -0.25) is 9.69 Å². The summed E-state index contributed by atoms with van der Waals surface area (Å²) in [5, 5.41) is 21.1. The second kappa shape index (κ2) is 8.57. The number of piperidine rings is 1. The fraction of sp³-hybridized carbons (Fsp3) is 0.750. The first kappa shape index (κ1) is 18.9. The molecule has 1 saturated heterocycles. The summed E-state index contributed by atoms with van der Waals surface area (Å²) in [6.45, 7) is 3.10. The maximum atomic E-state index is 11.5. The molecule has 8 nitrogen and oxygen atoms in total. The van der Waals surface area contributed by atoms with Gasteiger partial charge in [0.05, 0.1) is 31.4 Å². The van der Waals surface area contributed by atoms with Crippen LogP contribution >= 0.6 is 0 Å². The van der Waals surface area contributed by atoms with E-state index in [9.17, 15) is 14.7 Å². The largest absolute Gasteiger partial charge is 0.478 e. The Hall–Kier alpha value is -1.48. The lowest BCUT2D eigenvalue weighted by molar-refractivity contribution is -0.133. The van der Waals surface area contributed by atoms with Gasteiger partial charge in [0, 0.05) is 25.1 Å². The van der Waals surface area contributed by atoms with Gasteiger partial charge in [0.25, 0.3) is 0 Å². The van der Waals surface area contributed by atoms with Gasteiger partial charge in [-0.15, -0.1) is 0 Å². The van der Waals surface area contributed by atoms with Crippen molar-refractivity contribution < 1.29 is 24.5 Å². The molecule has 0 unspecified atom stereocenters. The fourth-order valence-electron chi connectivity index (χ4n) is 3.52. The number of aliphatic hydroxyl groups is 1. The average Bonchev–Trinajstić information content (AvgIpc) is 2.54. The Morgan fingerprint density at radius 2 is 2.25 bits per heavy atom. The van der Waals surface area contributed by atoms with Crippen LogP contribution in [-0.2, 0) is 14.3 Å². The maximum absolute atomic E-state index is 11.5. The minimum absolute atomic E-state index is 0.0105. The van der Waals surface area contributed by atoms with Gasteiger partial charge < -0.3 is 26.0 Å². The van der Waals surface area contributed by atoms with E-state index < -0.39 is 12.0 Å². The van der Waals surface area contributed by atoms with E-state index in [0.29, 0.717) is 6.54 Å². The summed E-state index contributed by atoms with van der Waals surface area (Å²) in [5.74, 6) is -1.15. The molecule has 1 aliphatic heterocycles. The summed E-state index contributed by atoms with van der Waals surface area (Å²) in [4.78, 5) is 25.0. The molecular weight excluding hydrogens is 314 g/mol. The zero-order valence-electron chi connectivity index (χ0n) is 14.0. The quantitative estimate of drug-likeness (QED) is 0.492. The van der Waals surface area contributed by atoms with Gasteiger partial charge >= 0.3 is 5.97 Å². The summed E-state index contributed by atoms with van der Waals surface area (Å²) in [6, 6.07) is -1.06. The molecule has 5 N–H and O–H groups in total. The molecule has 1 heterocycles. The molecule has 24 heavy (non-hydrogen) atoms. The van der Waals surface area contributed by atoms with Crippen LogP contribution in [0.25, 0.3) is 0 Å². The predicted octanol–water partition coefficient (Wildman–Crippen LogP) is -0.925. The third-order valence-electron chi connectivity index (χ3n) is 4.58. The van der Waals surface area contributed by atoms with E-state index in [-0.39, 0.29) is 49.3 Å². The van der Waals surface area contributed by atoms with Crippen LogP contribution in [0.4, 0.5) is 0 Å². The number of likely N-dealkylation sites (tertiary alicyclic amines) is 1. The van der Waals surface area contributed by atoms with Crippen molar-refractivity contribution in [3.8, 4) is 0 Å². The summed E-state index contributed by atoms with van der Waals surface area (Å²) in [6.07, 6.45) is 3.74. The Labute approximate surface area is 141 Å². The standard InChI is InChI=1S/C16H27N3O5/c1-10(21)18-15-13(17)7-11(16(22)23)8-14(15)19-4-2-3-12(9-19)24-6-5-20/h8,12-15,20H,2-7,9,17H2,1H3,(H,18,21)(H,22,23)/t12-,13+,14-,15-/m1/s1. The number of hydrogen-bond acceptors (Lipinski definition) is 6. The van der Waals surface area contributed by atoms with E-state index in [2.05, 4.69) is 10.2 Å². The van der Waals surface area contributed by atoms with E-state index in [1.165, 1.54) is 6.92 Å². The molecule has 0 aromatic rings. The van der Waals surface area contributed by atoms with E-state index in [0.717, 1.165) is 19.4 Å². The Morgan fingerprint density at radius 1 is 1.50 bits per heavy atom. The van der Waals surface area contributed by atoms with Gasteiger partial charge in [0.15, 0.2) is 0 Å². The number of hydrogen-bond donors (Lipinski definition) is 4. The minimum Gasteiger partial charge on any atom is -0.478 e. The first-order valence-electron chi connectivity index (χ1n) is 8.35. The molecule has 1 fully saturated rings. The molecule has 0 spiro atoms. The number of carbonyl (C=O) groups is 2. The van der Waals surface area contributed by atoms with Gasteiger partial charge in [-0.25, -0.2) is 4.79 Å². The number of ether oxygens (including phenoxy) is 1. The summed E-state index contributed by atoms with van der Waals surface area (Å²) in [7, 11) is 0. The highest BCUT2D eigenvalue weighted by molar-refractivity contribution is 5.87. The summed E-state index contributed by atoms with van der Waals surface area (Å²) >= 11 is 0. The molecule has 0 bridgehead atoms. The van der Waals surface area contributed by atoms with E-state index in [1.807, 2.05) is 0 Å². The van der Waals surface area contributed by atoms with Gasteiger partial charge in [0.1, 0.15) is 0 Å². The number of carboxylic acid groups (broad SMARTS) is 1. The zero-order chi connectivity index (χ0) is 17.7. The van der Waals surface area contributed by atoms with Crippen LogP contribution in [0.2, 0.25) is 0 Å². The molecule has 4 atom stereocenters. The van der Waals surface area contributed by atoms with Crippen molar-refractivity contribution in [1.82, 2.24) is 10.2 Å². The maximum Gasteiger partial charge on any atom is 0.331 e. The first-order chi connectivity index (χ1) is 11.4. The van der Waals surface area contributed by atoms with Crippen molar-refractivity contribution >= 4 is 11.9 Å². The number of amides is 1. The van der Waals surface area contributed by atoms with Crippen molar-refractivity contribution in [3.05, 3.63) is 11.6 Å². The topological polar surface area (TPSA) is 125 Å². The summed E-state index contributed by atoms with van der Waals surface area (Å²) in [5.41, 5.74) is 6.44. The number of nitrogens with zero attached hydrogens (tertiary/aromatic N) is 1.